The quantitative estimate of drug-likeness (QED) is 0.863. The van der Waals surface area contributed by atoms with Crippen LogP contribution in [0.1, 0.15) is 24.8 Å². The van der Waals surface area contributed by atoms with Crippen molar-refractivity contribution in [1.29, 1.82) is 0 Å². The first-order valence-corrected chi connectivity index (χ1v) is 8.52. The molecule has 7 heteroatoms. The van der Waals surface area contributed by atoms with Crippen molar-refractivity contribution in [2.45, 2.75) is 31.7 Å². The maximum Gasteiger partial charge on any atom is 0.311 e. The Morgan fingerprint density at radius 1 is 1.32 bits per heavy atom. The van der Waals surface area contributed by atoms with Crippen molar-refractivity contribution in [3.63, 3.8) is 0 Å². The zero-order valence-corrected chi connectivity index (χ0v) is 14.2. The highest BCUT2D eigenvalue weighted by molar-refractivity contribution is 5.80. The van der Waals surface area contributed by atoms with Crippen molar-refractivity contribution in [2.75, 3.05) is 26.7 Å². The van der Waals surface area contributed by atoms with Crippen LogP contribution in [-0.4, -0.2) is 64.6 Å². The second-order valence-corrected chi connectivity index (χ2v) is 7.11. The average Bonchev–Trinajstić information content (AvgIpc) is 2.58. The number of nitrogens with zero attached hydrogens (tertiary/aromatic N) is 2. The van der Waals surface area contributed by atoms with Crippen molar-refractivity contribution in [3.05, 3.63) is 29.6 Å². The number of aromatic hydroxyl groups is 1. The van der Waals surface area contributed by atoms with E-state index in [2.05, 4.69) is 0 Å². The fraction of sp³-hybridized carbons (Fsp3) is 0.556. The molecule has 1 aromatic carbocycles. The first-order valence-electron chi connectivity index (χ1n) is 8.52. The van der Waals surface area contributed by atoms with E-state index in [1.807, 2.05) is 11.9 Å². The van der Waals surface area contributed by atoms with Crippen LogP contribution in [-0.2, 0) is 16.0 Å². The number of benzene rings is 1. The summed E-state index contributed by atoms with van der Waals surface area (Å²) in [6.07, 6.45) is 1.96. The predicted molar refractivity (Wildman–Crippen MR) is 88.7 cm³/mol. The smallest absolute Gasteiger partial charge is 0.311 e. The number of likely N-dealkylation sites (N-methyl/N-ethyl adjacent to an activating group) is 1. The van der Waals surface area contributed by atoms with Crippen LogP contribution >= 0.6 is 0 Å². The monoisotopic (exact) mass is 350 g/mol. The minimum atomic E-state index is -0.783. The molecule has 2 atom stereocenters. The van der Waals surface area contributed by atoms with Crippen LogP contribution in [0.15, 0.2) is 18.2 Å². The standard InChI is InChI=1S/C18H23FN2O4/c1-20-7-2-5-18(17(24)25)6-8-21(11-15(18)20)16(23)10-12-3-4-14(22)13(19)9-12/h3-4,9,15,22H,2,5-8,10-11H2,1H3,(H,24,25)/t15-,18+/m1/s1. The molecule has 136 valence electrons. The summed E-state index contributed by atoms with van der Waals surface area (Å²) in [5, 5.41) is 19.0. The van der Waals surface area contributed by atoms with Gasteiger partial charge in [0.25, 0.3) is 0 Å². The number of amides is 1. The molecule has 1 aromatic rings. The number of carbonyl (C=O) groups excluding carboxylic acids is 1. The van der Waals surface area contributed by atoms with Gasteiger partial charge in [-0.2, -0.15) is 0 Å². The van der Waals surface area contributed by atoms with Crippen LogP contribution < -0.4 is 0 Å². The molecule has 25 heavy (non-hydrogen) atoms. The van der Waals surface area contributed by atoms with E-state index in [1.165, 1.54) is 12.1 Å². The van der Waals surface area contributed by atoms with Crippen molar-refractivity contribution < 1.29 is 24.2 Å². The molecule has 0 aliphatic carbocycles. The van der Waals surface area contributed by atoms with Gasteiger partial charge >= 0.3 is 5.97 Å². The van der Waals surface area contributed by atoms with Gasteiger partial charge in [0, 0.05) is 19.1 Å². The molecule has 0 saturated carbocycles. The Morgan fingerprint density at radius 2 is 2.08 bits per heavy atom. The molecule has 2 heterocycles. The highest BCUT2D eigenvalue weighted by Gasteiger charge is 2.52. The Morgan fingerprint density at radius 3 is 2.76 bits per heavy atom. The topological polar surface area (TPSA) is 81.1 Å². The Balaban J connectivity index is 1.73. The molecular weight excluding hydrogens is 327 g/mol. The number of carbonyl (C=O) groups is 2. The van der Waals surface area contributed by atoms with Crippen molar-refractivity contribution in [1.82, 2.24) is 9.80 Å². The minimum absolute atomic E-state index is 0.0354. The van der Waals surface area contributed by atoms with E-state index in [0.717, 1.165) is 19.0 Å². The number of halogens is 1. The zero-order chi connectivity index (χ0) is 18.2. The highest BCUT2D eigenvalue weighted by Crippen LogP contribution is 2.42. The molecule has 3 rings (SSSR count). The van der Waals surface area contributed by atoms with E-state index >= 15 is 0 Å². The number of fused-ring (bicyclic) bond motifs is 1. The van der Waals surface area contributed by atoms with Crippen LogP contribution in [0.3, 0.4) is 0 Å². The molecule has 2 N–H and O–H groups in total. The largest absolute Gasteiger partial charge is 0.505 e. The SMILES string of the molecule is CN1CCC[C@]2(C(=O)O)CCN(C(=O)Cc3ccc(O)c(F)c3)C[C@@H]12. The molecule has 0 spiro atoms. The van der Waals surface area contributed by atoms with Crippen LogP contribution in [0, 0.1) is 11.2 Å². The van der Waals surface area contributed by atoms with E-state index < -0.39 is 23.0 Å². The van der Waals surface area contributed by atoms with Gasteiger partial charge in [-0.25, -0.2) is 4.39 Å². The summed E-state index contributed by atoms with van der Waals surface area (Å²) in [7, 11) is 1.91. The molecule has 0 unspecified atom stereocenters. The van der Waals surface area contributed by atoms with E-state index in [9.17, 15) is 24.2 Å². The van der Waals surface area contributed by atoms with Gasteiger partial charge in [-0.3, -0.25) is 9.59 Å². The molecule has 0 aromatic heterocycles. The summed E-state index contributed by atoms with van der Waals surface area (Å²) in [4.78, 5) is 28.2. The van der Waals surface area contributed by atoms with Crippen molar-refractivity contribution in [3.8, 4) is 5.75 Å². The summed E-state index contributed by atoms with van der Waals surface area (Å²) in [5.74, 6) is -2.12. The van der Waals surface area contributed by atoms with Gasteiger partial charge in [-0.15, -0.1) is 0 Å². The summed E-state index contributed by atoms with van der Waals surface area (Å²) in [6.45, 7) is 1.60. The van der Waals surface area contributed by atoms with Crippen molar-refractivity contribution in [2.24, 2.45) is 5.41 Å². The highest BCUT2D eigenvalue weighted by atomic mass is 19.1. The molecule has 0 bridgehead atoms. The van der Waals surface area contributed by atoms with E-state index in [1.54, 1.807) is 4.90 Å². The molecule has 2 aliphatic rings. The zero-order valence-electron chi connectivity index (χ0n) is 14.2. The number of hydrogen-bond donors (Lipinski definition) is 2. The third-order valence-corrected chi connectivity index (χ3v) is 5.67. The number of phenols is 1. The second-order valence-electron chi connectivity index (χ2n) is 7.11. The Kier molecular flexibility index (Phi) is 4.69. The number of piperidine rings is 2. The van der Waals surface area contributed by atoms with Crippen LogP contribution in [0.2, 0.25) is 0 Å². The van der Waals surface area contributed by atoms with Gasteiger partial charge < -0.3 is 20.0 Å². The van der Waals surface area contributed by atoms with Crippen LogP contribution in [0.25, 0.3) is 0 Å². The molecule has 2 fully saturated rings. The van der Waals surface area contributed by atoms with Gasteiger partial charge in [-0.1, -0.05) is 6.07 Å². The number of hydrogen-bond acceptors (Lipinski definition) is 4. The second kappa shape index (κ2) is 6.63. The summed E-state index contributed by atoms with van der Waals surface area (Å²) in [6, 6.07) is 3.71. The van der Waals surface area contributed by atoms with E-state index in [4.69, 9.17) is 0 Å². The third kappa shape index (κ3) is 3.20. The number of carboxylic acid groups (broad SMARTS) is 1. The maximum absolute atomic E-state index is 13.4. The molecular formula is C18H23FN2O4. The fourth-order valence-corrected chi connectivity index (χ4v) is 4.16. The Bertz CT molecular complexity index is 696. The number of phenolic OH excluding ortho intramolecular Hbond substituents is 1. The van der Waals surface area contributed by atoms with Gasteiger partial charge in [0.15, 0.2) is 11.6 Å². The first kappa shape index (κ1) is 17.7. The average molecular weight is 350 g/mol. The normalized spacial score (nSPS) is 27.0. The summed E-state index contributed by atoms with van der Waals surface area (Å²) < 4.78 is 13.4. The van der Waals surface area contributed by atoms with Crippen molar-refractivity contribution >= 4 is 11.9 Å². The van der Waals surface area contributed by atoms with Crippen LogP contribution in [0.4, 0.5) is 4.39 Å². The fourth-order valence-electron chi connectivity index (χ4n) is 4.16. The number of rotatable bonds is 3. The minimum Gasteiger partial charge on any atom is -0.505 e. The predicted octanol–water partition coefficient (Wildman–Crippen LogP) is 1.47. The molecule has 0 radical (unpaired) electrons. The van der Waals surface area contributed by atoms with Gasteiger partial charge in [0.1, 0.15) is 0 Å². The molecule has 2 aliphatic heterocycles. The lowest BCUT2D eigenvalue weighted by molar-refractivity contribution is -0.165. The maximum atomic E-state index is 13.4. The number of aliphatic carboxylic acids is 1. The van der Waals surface area contributed by atoms with Gasteiger partial charge in [-0.05, 0) is 50.6 Å². The lowest BCUT2D eigenvalue weighted by atomic mass is 9.68. The third-order valence-electron chi connectivity index (χ3n) is 5.67. The summed E-state index contributed by atoms with van der Waals surface area (Å²) in [5.41, 5.74) is -0.290. The van der Waals surface area contributed by atoms with E-state index in [-0.39, 0.29) is 18.4 Å². The Labute approximate surface area is 145 Å². The van der Waals surface area contributed by atoms with Crippen LogP contribution in [0.5, 0.6) is 5.75 Å². The molecule has 2 saturated heterocycles. The number of likely N-dealkylation sites (tertiary alicyclic amines) is 2. The van der Waals surface area contributed by atoms with E-state index in [0.29, 0.717) is 31.5 Å². The molecule has 6 nitrogen and oxygen atoms in total. The lowest BCUT2D eigenvalue weighted by Crippen LogP contribution is -2.63. The lowest BCUT2D eigenvalue weighted by Gasteiger charge is -2.51. The van der Waals surface area contributed by atoms with Gasteiger partial charge in [0.05, 0.1) is 11.8 Å². The number of carboxylic acids is 1. The van der Waals surface area contributed by atoms with Gasteiger partial charge in [0.2, 0.25) is 5.91 Å². The Hall–Kier alpha value is -2.15. The summed E-state index contributed by atoms with van der Waals surface area (Å²) >= 11 is 0. The molecule has 1 amide bonds. The first-order chi connectivity index (χ1) is 11.8.